The Balaban J connectivity index is 1.66. The van der Waals surface area contributed by atoms with E-state index >= 15 is 0 Å². The van der Waals surface area contributed by atoms with Crippen molar-refractivity contribution in [3.05, 3.63) is 65.2 Å². The van der Waals surface area contributed by atoms with Crippen LogP contribution in [-0.2, 0) is 22.9 Å². The number of sulfonamides is 1. The highest BCUT2D eigenvalue weighted by atomic mass is 32.2. The lowest BCUT2D eigenvalue weighted by molar-refractivity contribution is 0.321. The number of hydrogen-bond acceptors (Lipinski definition) is 4. The van der Waals surface area contributed by atoms with Gasteiger partial charge < -0.3 is 10.5 Å². The molecule has 5 nitrogen and oxygen atoms in total. The van der Waals surface area contributed by atoms with Crippen LogP contribution in [0.25, 0.3) is 0 Å². The van der Waals surface area contributed by atoms with E-state index in [1.807, 2.05) is 19.1 Å². The van der Waals surface area contributed by atoms with Gasteiger partial charge in [0.25, 0.3) is 0 Å². The molecule has 0 saturated carbocycles. The first-order valence-electron chi connectivity index (χ1n) is 10.0. The van der Waals surface area contributed by atoms with Gasteiger partial charge in [-0.25, -0.2) is 13.1 Å². The Morgan fingerprint density at radius 3 is 2.71 bits per heavy atom. The number of ether oxygens (including phenoxy) is 1. The highest BCUT2D eigenvalue weighted by Crippen LogP contribution is 2.35. The van der Waals surface area contributed by atoms with Crippen LogP contribution in [0.2, 0.25) is 0 Å². The summed E-state index contributed by atoms with van der Waals surface area (Å²) in [5.74, 6) is 1.17. The predicted octanol–water partition coefficient (Wildman–Crippen LogP) is 2.99. The van der Waals surface area contributed by atoms with Crippen molar-refractivity contribution < 1.29 is 13.2 Å². The zero-order chi connectivity index (χ0) is 20.0. The number of aryl methyl sites for hydroxylation is 1. The number of hydrogen-bond donors (Lipinski definition) is 2. The van der Waals surface area contributed by atoms with Crippen molar-refractivity contribution in [1.82, 2.24) is 4.72 Å². The number of nitrogens with one attached hydrogen (secondary N) is 1. The van der Waals surface area contributed by atoms with Crippen LogP contribution in [0, 0.1) is 0 Å². The molecule has 3 N–H and O–H groups in total. The Morgan fingerprint density at radius 2 is 1.96 bits per heavy atom. The third-order valence-electron chi connectivity index (χ3n) is 5.24. The van der Waals surface area contributed by atoms with Gasteiger partial charge in [0.2, 0.25) is 10.0 Å². The van der Waals surface area contributed by atoms with E-state index in [9.17, 15) is 8.42 Å². The Bertz CT molecular complexity index is 869. The summed E-state index contributed by atoms with van der Waals surface area (Å²) in [5, 5.41) is 0. The van der Waals surface area contributed by atoms with Crippen LogP contribution >= 0.6 is 0 Å². The SMILES string of the molecule is CCCS(=O)(=O)NCCOc1ccc2c(c1)C(Cc1ccccc1)C(N)CC2. The van der Waals surface area contributed by atoms with Crippen molar-refractivity contribution in [2.45, 2.75) is 44.6 Å². The van der Waals surface area contributed by atoms with Gasteiger partial charge in [0.15, 0.2) is 0 Å². The lowest BCUT2D eigenvalue weighted by Crippen LogP contribution is -2.34. The van der Waals surface area contributed by atoms with Gasteiger partial charge >= 0.3 is 0 Å². The molecule has 0 fully saturated rings. The van der Waals surface area contributed by atoms with E-state index in [1.54, 1.807) is 0 Å². The van der Waals surface area contributed by atoms with Gasteiger partial charge in [-0.1, -0.05) is 43.3 Å². The van der Waals surface area contributed by atoms with Gasteiger partial charge in [0.05, 0.1) is 5.75 Å². The lowest BCUT2D eigenvalue weighted by atomic mass is 9.76. The Kier molecular flexibility index (Phi) is 7.10. The molecule has 2 aromatic rings. The van der Waals surface area contributed by atoms with Gasteiger partial charge in [-0.05, 0) is 54.5 Å². The normalized spacial score (nSPS) is 19.2. The maximum atomic E-state index is 11.7. The number of fused-ring (bicyclic) bond motifs is 1. The molecule has 2 aromatic carbocycles. The highest BCUT2D eigenvalue weighted by molar-refractivity contribution is 7.89. The second kappa shape index (κ2) is 9.54. The molecule has 152 valence electrons. The highest BCUT2D eigenvalue weighted by Gasteiger charge is 2.27. The van der Waals surface area contributed by atoms with Gasteiger partial charge in [-0.15, -0.1) is 0 Å². The van der Waals surface area contributed by atoms with Crippen molar-refractivity contribution in [3.63, 3.8) is 0 Å². The zero-order valence-corrected chi connectivity index (χ0v) is 17.3. The molecule has 2 atom stereocenters. The monoisotopic (exact) mass is 402 g/mol. The van der Waals surface area contributed by atoms with Crippen molar-refractivity contribution in [2.75, 3.05) is 18.9 Å². The minimum Gasteiger partial charge on any atom is -0.492 e. The van der Waals surface area contributed by atoms with E-state index in [0.29, 0.717) is 13.0 Å². The number of benzene rings is 2. The van der Waals surface area contributed by atoms with E-state index in [0.717, 1.165) is 25.0 Å². The molecule has 0 spiro atoms. The average Bonchev–Trinajstić information content (AvgIpc) is 2.68. The largest absolute Gasteiger partial charge is 0.492 e. The van der Waals surface area contributed by atoms with E-state index in [4.69, 9.17) is 10.5 Å². The van der Waals surface area contributed by atoms with Gasteiger partial charge in [0.1, 0.15) is 12.4 Å². The molecule has 3 rings (SSSR count). The van der Waals surface area contributed by atoms with E-state index < -0.39 is 10.0 Å². The maximum Gasteiger partial charge on any atom is 0.211 e. The first kappa shape index (κ1) is 20.8. The molecule has 0 aliphatic heterocycles. The molecule has 28 heavy (non-hydrogen) atoms. The fourth-order valence-electron chi connectivity index (χ4n) is 3.83. The maximum absolute atomic E-state index is 11.7. The molecule has 0 aromatic heterocycles. The Hall–Kier alpha value is -1.89. The van der Waals surface area contributed by atoms with Crippen LogP contribution in [0.3, 0.4) is 0 Å². The molecule has 0 heterocycles. The summed E-state index contributed by atoms with van der Waals surface area (Å²) >= 11 is 0. The summed E-state index contributed by atoms with van der Waals surface area (Å²) in [6.45, 7) is 2.42. The van der Waals surface area contributed by atoms with Crippen LogP contribution in [-0.4, -0.2) is 33.4 Å². The van der Waals surface area contributed by atoms with Crippen molar-refractivity contribution >= 4 is 10.0 Å². The zero-order valence-electron chi connectivity index (χ0n) is 16.4. The van der Waals surface area contributed by atoms with E-state index in [1.165, 1.54) is 16.7 Å². The molecule has 2 unspecified atom stereocenters. The topological polar surface area (TPSA) is 81.4 Å². The van der Waals surface area contributed by atoms with Gasteiger partial charge in [0, 0.05) is 18.5 Å². The van der Waals surface area contributed by atoms with Crippen molar-refractivity contribution in [2.24, 2.45) is 5.73 Å². The summed E-state index contributed by atoms with van der Waals surface area (Å²) in [7, 11) is -3.20. The summed E-state index contributed by atoms with van der Waals surface area (Å²) in [5.41, 5.74) is 10.3. The minimum absolute atomic E-state index is 0.129. The van der Waals surface area contributed by atoms with Crippen LogP contribution in [0.4, 0.5) is 0 Å². The molecule has 0 saturated heterocycles. The third kappa shape index (κ3) is 5.56. The third-order valence-corrected chi connectivity index (χ3v) is 6.83. The van der Waals surface area contributed by atoms with Crippen LogP contribution < -0.4 is 15.2 Å². The van der Waals surface area contributed by atoms with Crippen LogP contribution in [0.5, 0.6) is 5.75 Å². The predicted molar refractivity (Wildman–Crippen MR) is 113 cm³/mol. The van der Waals surface area contributed by atoms with Crippen molar-refractivity contribution in [1.29, 1.82) is 0 Å². The van der Waals surface area contributed by atoms with Crippen molar-refractivity contribution in [3.8, 4) is 5.75 Å². The molecular formula is C22H30N2O3S. The molecule has 1 aliphatic rings. The molecular weight excluding hydrogens is 372 g/mol. The Labute approximate surface area is 168 Å². The standard InChI is InChI=1S/C22H30N2O3S/c1-2-14-28(25,26)24-12-13-27-19-10-8-18-9-11-22(23)21(20(18)16-19)15-17-6-4-3-5-7-17/h3-8,10,16,21-22,24H,2,9,11-15,23H2,1H3. The average molecular weight is 403 g/mol. The Morgan fingerprint density at radius 1 is 1.18 bits per heavy atom. The molecule has 0 radical (unpaired) electrons. The van der Waals surface area contributed by atoms with E-state index in [2.05, 4.69) is 41.1 Å². The first-order chi connectivity index (χ1) is 13.5. The first-order valence-corrected chi connectivity index (χ1v) is 11.7. The second-order valence-corrected chi connectivity index (χ2v) is 9.35. The fraction of sp³-hybridized carbons (Fsp3) is 0.455. The summed E-state index contributed by atoms with van der Waals surface area (Å²) in [6, 6.07) is 16.7. The fourth-order valence-corrected chi connectivity index (χ4v) is 4.90. The molecule has 6 heteroatoms. The van der Waals surface area contributed by atoms with Crippen LogP contribution in [0.15, 0.2) is 48.5 Å². The minimum atomic E-state index is -3.20. The quantitative estimate of drug-likeness (QED) is 0.632. The van der Waals surface area contributed by atoms with E-state index in [-0.39, 0.29) is 24.3 Å². The van der Waals surface area contributed by atoms with Gasteiger partial charge in [-0.2, -0.15) is 0 Å². The number of rotatable bonds is 9. The summed E-state index contributed by atoms with van der Waals surface area (Å²) in [6.07, 6.45) is 3.49. The summed E-state index contributed by atoms with van der Waals surface area (Å²) < 4.78 is 31.8. The van der Waals surface area contributed by atoms with Crippen LogP contribution in [0.1, 0.15) is 42.4 Å². The second-order valence-electron chi connectivity index (χ2n) is 7.42. The summed E-state index contributed by atoms with van der Waals surface area (Å²) in [4.78, 5) is 0. The lowest BCUT2D eigenvalue weighted by Gasteiger charge is -2.32. The molecule has 0 amide bonds. The molecule has 0 bridgehead atoms. The van der Waals surface area contributed by atoms with Gasteiger partial charge in [-0.3, -0.25) is 0 Å². The molecule has 1 aliphatic carbocycles. The smallest absolute Gasteiger partial charge is 0.211 e. The number of nitrogens with two attached hydrogens (primary N) is 1.